The summed E-state index contributed by atoms with van der Waals surface area (Å²) < 4.78 is 5.46. The summed E-state index contributed by atoms with van der Waals surface area (Å²) >= 11 is 0. The van der Waals surface area contributed by atoms with Crippen molar-refractivity contribution in [1.29, 1.82) is 0 Å². The van der Waals surface area contributed by atoms with Crippen molar-refractivity contribution in [2.45, 2.75) is 20.0 Å². The van der Waals surface area contributed by atoms with Gasteiger partial charge in [0.05, 0.1) is 6.20 Å². The number of amides is 1. The van der Waals surface area contributed by atoms with Gasteiger partial charge in [-0.2, -0.15) is 0 Å². The van der Waals surface area contributed by atoms with Crippen LogP contribution < -0.4 is 5.32 Å². The number of hydrogen-bond acceptors (Lipinski definition) is 5. The maximum atomic E-state index is 12.9. The minimum absolute atomic E-state index is 0.0395. The average molecular weight is 361 g/mol. The molecule has 0 aliphatic carbocycles. The standard InChI is InChI=1S/C21H19N3O3/c1-14-10-15(2)12-17(11-14)24-20(25)19(16-6-4-3-5-7-16)27-21(26)18-13-22-8-9-23-18/h3-13,19H,1-2H3,(H,24,25). The molecular weight excluding hydrogens is 342 g/mol. The third kappa shape index (κ3) is 4.76. The number of benzene rings is 2. The monoisotopic (exact) mass is 361 g/mol. The first-order chi connectivity index (χ1) is 13.0. The molecule has 0 radical (unpaired) electrons. The third-order valence-electron chi connectivity index (χ3n) is 3.83. The van der Waals surface area contributed by atoms with Crippen molar-refractivity contribution >= 4 is 17.6 Å². The fraction of sp³-hybridized carbons (Fsp3) is 0.143. The minimum atomic E-state index is -1.11. The van der Waals surface area contributed by atoms with Gasteiger partial charge in [-0.05, 0) is 37.1 Å². The molecule has 1 heterocycles. The molecule has 3 aromatic rings. The summed E-state index contributed by atoms with van der Waals surface area (Å²) in [7, 11) is 0. The van der Waals surface area contributed by atoms with Crippen molar-refractivity contribution in [1.82, 2.24) is 9.97 Å². The molecule has 6 nitrogen and oxygen atoms in total. The van der Waals surface area contributed by atoms with Crippen LogP contribution in [0.15, 0.2) is 67.1 Å². The number of aryl methyl sites for hydroxylation is 2. The number of carbonyl (C=O) groups is 2. The van der Waals surface area contributed by atoms with Gasteiger partial charge < -0.3 is 10.1 Å². The molecule has 1 amide bonds. The lowest BCUT2D eigenvalue weighted by molar-refractivity contribution is -0.125. The first kappa shape index (κ1) is 18.3. The van der Waals surface area contributed by atoms with Gasteiger partial charge in [-0.3, -0.25) is 9.78 Å². The van der Waals surface area contributed by atoms with Crippen molar-refractivity contribution in [3.63, 3.8) is 0 Å². The third-order valence-corrected chi connectivity index (χ3v) is 3.83. The summed E-state index contributed by atoms with van der Waals surface area (Å²) in [6, 6.07) is 14.6. The number of nitrogens with zero attached hydrogens (tertiary/aromatic N) is 2. The van der Waals surface area contributed by atoms with E-state index in [2.05, 4.69) is 15.3 Å². The maximum Gasteiger partial charge on any atom is 0.359 e. The molecule has 1 aromatic heterocycles. The molecule has 0 bridgehead atoms. The number of hydrogen-bond donors (Lipinski definition) is 1. The molecule has 1 N–H and O–H groups in total. The largest absolute Gasteiger partial charge is 0.443 e. The number of anilines is 1. The summed E-state index contributed by atoms with van der Waals surface area (Å²) in [5, 5.41) is 2.83. The molecule has 136 valence electrons. The van der Waals surface area contributed by atoms with Crippen LogP contribution in [0.3, 0.4) is 0 Å². The van der Waals surface area contributed by atoms with E-state index < -0.39 is 18.0 Å². The number of rotatable bonds is 5. The number of ether oxygens (including phenoxy) is 1. The molecule has 1 unspecified atom stereocenters. The first-order valence-corrected chi connectivity index (χ1v) is 8.44. The van der Waals surface area contributed by atoms with E-state index in [0.29, 0.717) is 11.3 Å². The highest BCUT2D eigenvalue weighted by Gasteiger charge is 2.26. The van der Waals surface area contributed by atoms with Crippen molar-refractivity contribution in [3.8, 4) is 0 Å². The SMILES string of the molecule is Cc1cc(C)cc(NC(=O)C(OC(=O)c2cnccn2)c2ccccc2)c1. The summed E-state index contributed by atoms with van der Waals surface area (Å²) in [6.45, 7) is 3.90. The normalized spacial score (nSPS) is 11.5. The molecule has 0 saturated carbocycles. The molecule has 1 atom stereocenters. The van der Waals surface area contributed by atoms with Crippen LogP contribution in [0, 0.1) is 13.8 Å². The predicted octanol–water partition coefficient (Wildman–Crippen LogP) is 3.63. The van der Waals surface area contributed by atoms with Crippen LogP contribution in [-0.4, -0.2) is 21.8 Å². The van der Waals surface area contributed by atoms with E-state index in [1.54, 1.807) is 24.3 Å². The van der Waals surface area contributed by atoms with Crippen LogP contribution in [0.1, 0.15) is 33.3 Å². The van der Waals surface area contributed by atoms with Gasteiger partial charge in [-0.15, -0.1) is 0 Å². The molecule has 0 aliphatic rings. The van der Waals surface area contributed by atoms with Crippen LogP contribution in [0.2, 0.25) is 0 Å². The van der Waals surface area contributed by atoms with Crippen molar-refractivity contribution < 1.29 is 14.3 Å². The van der Waals surface area contributed by atoms with Crippen LogP contribution >= 0.6 is 0 Å². The number of nitrogens with one attached hydrogen (secondary N) is 1. The minimum Gasteiger partial charge on any atom is -0.443 e. The van der Waals surface area contributed by atoms with Gasteiger partial charge in [0.25, 0.3) is 5.91 Å². The molecule has 27 heavy (non-hydrogen) atoms. The molecule has 0 fully saturated rings. The predicted molar refractivity (Wildman–Crippen MR) is 101 cm³/mol. The van der Waals surface area contributed by atoms with Crippen LogP contribution in [-0.2, 0) is 9.53 Å². The molecule has 2 aromatic carbocycles. The van der Waals surface area contributed by atoms with Crippen LogP contribution in [0.4, 0.5) is 5.69 Å². The quantitative estimate of drug-likeness (QED) is 0.702. The Morgan fingerprint density at radius 2 is 1.70 bits per heavy atom. The Morgan fingerprint density at radius 1 is 1.00 bits per heavy atom. The van der Waals surface area contributed by atoms with E-state index in [1.165, 1.54) is 18.6 Å². The second-order valence-electron chi connectivity index (χ2n) is 6.15. The lowest BCUT2D eigenvalue weighted by atomic mass is 10.1. The van der Waals surface area contributed by atoms with Crippen molar-refractivity contribution in [3.05, 3.63) is 89.5 Å². The Labute approximate surface area is 157 Å². The van der Waals surface area contributed by atoms with Gasteiger partial charge in [-0.1, -0.05) is 36.4 Å². The highest BCUT2D eigenvalue weighted by atomic mass is 16.5. The van der Waals surface area contributed by atoms with Gasteiger partial charge in [0.1, 0.15) is 0 Å². The summed E-state index contributed by atoms with van der Waals surface area (Å²) in [4.78, 5) is 33.0. The zero-order valence-electron chi connectivity index (χ0n) is 15.0. The zero-order valence-corrected chi connectivity index (χ0v) is 15.0. The summed E-state index contributed by atoms with van der Waals surface area (Å²) in [6.07, 6.45) is 3.04. The second-order valence-corrected chi connectivity index (χ2v) is 6.15. The molecule has 0 saturated heterocycles. The zero-order chi connectivity index (χ0) is 19.2. The second kappa shape index (κ2) is 8.23. The number of esters is 1. The Morgan fingerprint density at radius 3 is 2.33 bits per heavy atom. The van der Waals surface area contributed by atoms with E-state index >= 15 is 0 Å². The van der Waals surface area contributed by atoms with Gasteiger partial charge in [0.2, 0.25) is 6.10 Å². The van der Waals surface area contributed by atoms with E-state index in [1.807, 2.05) is 38.1 Å². The van der Waals surface area contributed by atoms with Gasteiger partial charge in [-0.25, -0.2) is 9.78 Å². The molecule has 6 heteroatoms. The topological polar surface area (TPSA) is 81.2 Å². The molecular formula is C21H19N3O3. The highest BCUT2D eigenvalue weighted by molar-refractivity contribution is 5.97. The van der Waals surface area contributed by atoms with E-state index in [4.69, 9.17) is 4.74 Å². The smallest absolute Gasteiger partial charge is 0.359 e. The Hall–Kier alpha value is -3.54. The van der Waals surface area contributed by atoms with E-state index in [-0.39, 0.29) is 5.69 Å². The fourth-order valence-corrected chi connectivity index (χ4v) is 2.73. The number of carbonyl (C=O) groups excluding carboxylic acids is 2. The van der Waals surface area contributed by atoms with Gasteiger partial charge >= 0.3 is 5.97 Å². The van der Waals surface area contributed by atoms with Gasteiger partial charge in [0, 0.05) is 23.6 Å². The van der Waals surface area contributed by atoms with Crippen molar-refractivity contribution in [2.75, 3.05) is 5.32 Å². The molecule has 3 rings (SSSR count). The first-order valence-electron chi connectivity index (χ1n) is 8.44. The highest BCUT2D eigenvalue weighted by Crippen LogP contribution is 2.22. The summed E-state index contributed by atoms with van der Waals surface area (Å²) in [5.74, 6) is -1.16. The lowest BCUT2D eigenvalue weighted by Gasteiger charge is -2.18. The fourth-order valence-electron chi connectivity index (χ4n) is 2.73. The summed E-state index contributed by atoms with van der Waals surface area (Å²) in [5.41, 5.74) is 3.31. The number of aromatic nitrogens is 2. The van der Waals surface area contributed by atoms with E-state index in [9.17, 15) is 9.59 Å². The molecule has 0 aliphatic heterocycles. The van der Waals surface area contributed by atoms with E-state index in [0.717, 1.165) is 11.1 Å². The average Bonchev–Trinajstić information content (AvgIpc) is 2.66. The Balaban J connectivity index is 1.85. The van der Waals surface area contributed by atoms with Crippen molar-refractivity contribution in [2.24, 2.45) is 0 Å². The Bertz CT molecular complexity index is 923. The lowest BCUT2D eigenvalue weighted by Crippen LogP contribution is -2.26. The van der Waals surface area contributed by atoms with Crippen LogP contribution in [0.5, 0.6) is 0 Å². The Kier molecular flexibility index (Phi) is 5.56. The van der Waals surface area contributed by atoms with Gasteiger partial charge in [0.15, 0.2) is 5.69 Å². The molecule has 0 spiro atoms. The van der Waals surface area contributed by atoms with Crippen LogP contribution in [0.25, 0.3) is 0 Å². The maximum absolute atomic E-state index is 12.9.